The van der Waals surface area contributed by atoms with Crippen molar-refractivity contribution in [1.29, 1.82) is 0 Å². The molecule has 2 heterocycles. The van der Waals surface area contributed by atoms with Gasteiger partial charge in [-0.05, 0) is 25.2 Å². The van der Waals surface area contributed by atoms with Crippen LogP contribution in [0.3, 0.4) is 0 Å². The predicted molar refractivity (Wildman–Crippen MR) is 76.2 cm³/mol. The van der Waals surface area contributed by atoms with Gasteiger partial charge in [0, 0.05) is 32.5 Å². The molecule has 1 spiro atoms. The van der Waals surface area contributed by atoms with Gasteiger partial charge in [-0.25, -0.2) is 0 Å². The highest BCUT2D eigenvalue weighted by Crippen LogP contribution is 2.51. The Kier molecular flexibility index (Phi) is 3.52. The molecular weight excluding hydrogens is 252 g/mol. The average molecular weight is 276 g/mol. The van der Waals surface area contributed by atoms with Crippen molar-refractivity contribution in [3.05, 3.63) is 12.2 Å². The van der Waals surface area contributed by atoms with E-state index in [0.29, 0.717) is 5.92 Å². The molecule has 1 aromatic heterocycles. The van der Waals surface area contributed by atoms with Crippen LogP contribution in [-0.4, -0.2) is 38.7 Å². The summed E-state index contributed by atoms with van der Waals surface area (Å²) in [6.45, 7) is 6.42. The molecule has 5 nitrogen and oxygen atoms in total. The Bertz CT molecular complexity index is 490. The van der Waals surface area contributed by atoms with Crippen LogP contribution >= 0.6 is 0 Å². The van der Waals surface area contributed by atoms with Crippen molar-refractivity contribution in [3.63, 3.8) is 0 Å². The molecule has 20 heavy (non-hydrogen) atoms. The Labute approximate surface area is 120 Å². The fourth-order valence-corrected chi connectivity index (χ4v) is 4.10. The number of carbonyl (C=O) groups is 1. The number of aryl methyl sites for hydroxylation is 1. The Balaban J connectivity index is 1.95. The van der Waals surface area contributed by atoms with Gasteiger partial charge in [-0.1, -0.05) is 19.3 Å². The van der Waals surface area contributed by atoms with E-state index in [1.165, 1.54) is 32.1 Å². The minimum absolute atomic E-state index is 0.194. The van der Waals surface area contributed by atoms with Crippen molar-refractivity contribution >= 4 is 5.91 Å². The molecule has 0 aromatic carbocycles. The van der Waals surface area contributed by atoms with Crippen LogP contribution in [0.5, 0.6) is 0 Å². The number of aromatic nitrogens is 3. The van der Waals surface area contributed by atoms with E-state index in [1.54, 1.807) is 6.92 Å². The molecule has 1 aromatic rings. The summed E-state index contributed by atoms with van der Waals surface area (Å²) in [4.78, 5) is 13.8. The molecule has 1 saturated heterocycles. The fraction of sp³-hybridized carbons (Fsp3) is 0.800. The van der Waals surface area contributed by atoms with Gasteiger partial charge >= 0.3 is 0 Å². The molecule has 1 saturated carbocycles. The molecule has 1 amide bonds. The molecule has 2 aliphatic rings. The fourth-order valence-electron chi connectivity index (χ4n) is 4.10. The topological polar surface area (TPSA) is 51.0 Å². The van der Waals surface area contributed by atoms with Gasteiger partial charge in [0.25, 0.3) is 0 Å². The molecule has 2 fully saturated rings. The quantitative estimate of drug-likeness (QED) is 0.832. The monoisotopic (exact) mass is 276 g/mol. The van der Waals surface area contributed by atoms with E-state index in [0.717, 1.165) is 25.5 Å². The zero-order valence-corrected chi connectivity index (χ0v) is 12.5. The largest absolute Gasteiger partial charge is 0.342 e. The van der Waals surface area contributed by atoms with Crippen LogP contribution in [0.2, 0.25) is 0 Å². The number of rotatable bonds is 2. The van der Waals surface area contributed by atoms with Crippen LogP contribution in [0.1, 0.15) is 57.7 Å². The van der Waals surface area contributed by atoms with Crippen LogP contribution in [0.25, 0.3) is 0 Å². The van der Waals surface area contributed by atoms with Crippen molar-refractivity contribution in [2.24, 2.45) is 5.41 Å². The van der Waals surface area contributed by atoms with Crippen LogP contribution in [-0.2, 0) is 11.3 Å². The number of amides is 1. The highest BCUT2D eigenvalue weighted by molar-refractivity contribution is 5.73. The molecule has 1 aliphatic heterocycles. The van der Waals surface area contributed by atoms with Crippen LogP contribution in [0, 0.1) is 5.41 Å². The van der Waals surface area contributed by atoms with Gasteiger partial charge < -0.3 is 9.47 Å². The molecule has 5 heteroatoms. The lowest BCUT2D eigenvalue weighted by Crippen LogP contribution is -2.34. The maximum absolute atomic E-state index is 11.8. The number of hydrogen-bond donors (Lipinski definition) is 0. The van der Waals surface area contributed by atoms with E-state index in [4.69, 9.17) is 0 Å². The zero-order valence-electron chi connectivity index (χ0n) is 12.5. The van der Waals surface area contributed by atoms with Gasteiger partial charge in [-0.3, -0.25) is 4.79 Å². The highest BCUT2D eigenvalue weighted by Gasteiger charge is 2.49. The SMILES string of the molecule is CCn1cnnc1C1CN(C(C)=O)CC12CCCCC2. The average Bonchev–Trinajstić information content (AvgIpc) is 3.04. The summed E-state index contributed by atoms with van der Waals surface area (Å²) in [7, 11) is 0. The maximum atomic E-state index is 11.8. The van der Waals surface area contributed by atoms with E-state index in [1.807, 2.05) is 11.2 Å². The lowest BCUT2D eigenvalue weighted by Gasteiger charge is -2.37. The summed E-state index contributed by atoms with van der Waals surface area (Å²) in [6, 6.07) is 0. The number of carbonyl (C=O) groups excluding carboxylic acids is 1. The third-order valence-corrected chi connectivity index (χ3v) is 5.24. The molecule has 0 radical (unpaired) electrons. The number of likely N-dealkylation sites (tertiary alicyclic amines) is 1. The van der Waals surface area contributed by atoms with Crippen molar-refractivity contribution in [2.75, 3.05) is 13.1 Å². The van der Waals surface area contributed by atoms with Gasteiger partial charge in [0.2, 0.25) is 5.91 Å². The molecule has 0 bridgehead atoms. The van der Waals surface area contributed by atoms with E-state index >= 15 is 0 Å². The van der Waals surface area contributed by atoms with Gasteiger partial charge in [0.05, 0.1) is 0 Å². The van der Waals surface area contributed by atoms with Crippen LogP contribution in [0.4, 0.5) is 0 Å². The maximum Gasteiger partial charge on any atom is 0.219 e. The van der Waals surface area contributed by atoms with E-state index < -0.39 is 0 Å². The van der Waals surface area contributed by atoms with E-state index in [9.17, 15) is 4.79 Å². The summed E-state index contributed by atoms with van der Waals surface area (Å²) >= 11 is 0. The Morgan fingerprint density at radius 2 is 2.15 bits per heavy atom. The smallest absolute Gasteiger partial charge is 0.219 e. The minimum atomic E-state index is 0.194. The van der Waals surface area contributed by atoms with Crippen molar-refractivity contribution < 1.29 is 4.79 Å². The Morgan fingerprint density at radius 1 is 1.40 bits per heavy atom. The zero-order chi connectivity index (χ0) is 14.2. The van der Waals surface area contributed by atoms with Crippen LogP contribution < -0.4 is 0 Å². The molecule has 1 unspecified atom stereocenters. The van der Waals surface area contributed by atoms with Crippen molar-refractivity contribution in [3.8, 4) is 0 Å². The first-order valence-corrected chi connectivity index (χ1v) is 7.79. The normalized spacial score (nSPS) is 25.3. The first-order chi connectivity index (χ1) is 9.66. The molecule has 1 atom stereocenters. The van der Waals surface area contributed by atoms with Gasteiger partial charge in [0.1, 0.15) is 12.2 Å². The second-order valence-corrected chi connectivity index (χ2v) is 6.35. The van der Waals surface area contributed by atoms with Gasteiger partial charge in [-0.15, -0.1) is 10.2 Å². The summed E-state index contributed by atoms with van der Waals surface area (Å²) in [5.74, 6) is 1.63. The van der Waals surface area contributed by atoms with Gasteiger partial charge in [-0.2, -0.15) is 0 Å². The molecule has 110 valence electrons. The summed E-state index contributed by atoms with van der Waals surface area (Å²) in [5.41, 5.74) is 0.240. The van der Waals surface area contributed by atoms with E-state index in [-0.39, 0.29) is 11.3 Å². The second kappa shape index (κ2) is 5.19. The molecular formula is C15H24N4O. The van der Waals surface area contributed by atoms with Gasteiger partial charge in [0.15, 0.2) is 0 Å². The highest BCUT2D eigenvalue weighted by atomic mass is 16.2. The summed E-state index contributed by atoms with van der Waals surface area (Å²) in [5, 5.41) is 8.48. The third-order valence-electron chi connectivity index (χ3n) is 5.24. The number of hydrogen-bond acceptors (Lipinski definition) is 3. The minimum Gasteiger partial charge on any atom is -0.342 e. The van der Waals surface area contributed by atoms with Crippen molar-refractivity contribution in [2.45, 2.75) is 58.4 Å². The summed E-state index contributed by atoms with van der Waals surface area (Å²) in [6.07, 6.45) is 8.15. The lowest BCUT2D eigenvalue weighted by atomic mass is 9.67. The first-order valence-electron chi connectivity index (χ1n) is 7.79. The van der Waals surface area contributed by atoms with Crippen LogP contribution in [0.15, 0.2) is 6.33 Å². The number of nitrogens with zero attached hydrogens (tertiary/aromatic N) is 4. The predicted octanol–water partition coefficient (Wildman–Crippen LogP) is 2.19. The van der Waals surface area contributed by atoms with E-state index in [2.05, 4.69) is 21.7 Å². The second-order valence-electron chi connectivity index (χ2n) is 6.35. The molecule has 1 aliphatic carbocycles. The first kappa shape index (κ1) is 13.6. The lowest BCUT2D eigenvalue weighted by molar-refractivity contribution is -0.128. The molecule has 3 rings (SSSR count). The Morgan fingerprint density at radius 3 is 2.80 bits per heavy atom. The molecule has 0 N–H and O–H groups in total. The Hall–Kier alpha value is -1.39. The summed E-state index contributed by atoms with van der Waals surface area (Å²) < 4.78 is 2.14. The van der Waals surface area contributed by atoms with Crippen molar-refractivity contribution in [1.82, 2.24) is 19.7 Å². The third kappa shape index (κ3) is 2.13. The standard InChI is InChI=1S/C15H24N4O/c1-3-18-11-16-17-14(18)13-9-19(12(2)20)10-15(13)7-5-4-6-8-15/h11,13H,3-10H2,1-2H3.